The summed E-state index contributed by atoms with van der Waals surface area (Å²) in [6.45, 7) is 0. The smallest absolute Gasteiger partial charge is 0.194 e. The minimum absolute atomic E-state index is 0.0375. The molecule has 3 heteroatoms. The van der Waals surface area contributed by atoms with Gasteiger partial charge in [0.15, 0.2) is 11.9 Å². The van der Waals surface area contributed by atoms with Gasteiger partial charge in [0.05, 0.1) is 0 Å². The van der Waals surface area contributed by atoms with Crippen LogP contribution in [-0.2, 0) is 4.74 Å². The molecule has 0 N–H and O–H groups in total. The van der Waals surface area contributed by atoms with Gasteiger partial charge in [0.2, 0.25) is 0 Å². The standard InChI is InChI=1S/C15H11ClO2/c16-12-8-6-11(7-9-12)14-15(18-14)13(17)10-4-2-1-3-5-10/h1-9,14-15H/t14-,15-/m0/s1. The first-order valence-electron chi connectivity index (χ1n) is 5.76. The molecule has 0 aliphatic carbocycles. The molecular weight excluding hydrogens is 248 g/mol. The molecule has 90 valence electrons. The Balaban J connectivity index is 1.75. The molecule has 0 bridgehead atoms. The van der Waals surface area contributed by atoms with Gasteiger partial charge in [-0.15, -0.1) is 0 Å². The van der Waals surface area contributed by atoms with Crippen LogP contribution in [0.4, 0.5) is 0 Å². The van der Waals surface area contributed by atoms with E-state index in [2.05, 4.69) is 0 Å². The SMILES string of the molecule is O=C(c1ccccc1)[C@@H]1O[C@H]1c1ccc(Cl)cc1. The van der Waals surface area contributed by atoms with E-state index in [0.717, 1.165) is 5.56 Å². The van der Waals surface area contributed by atoms with Crippen LogP contribution in [0.3, 0.4) is 0 Å². The number of halogens is 1. The van der Waals surface area contributed by atoms with Crippen molar-refractivity contribution < 1.29 is 9.53 Å². The second-order valence-corrected chi connectivity index (χ2v) is 4.70. The topological polar surface area (TPSA) is 29.6 Å². The lowest BCUT2D eigenvalue weighted by atomic mass is 10.0. The van der Waals surface area contributed by atoms with E-state index < -0.39 is 0 Å². The first-order chi connectivity index (χ1) is 8.75. The monoisotopic (exact) mass is 258 g/mol. The van der Waals surface area contributed by atoms with Crippen LogP contribution in [0.2, 0.25) is 5.02 Å². The van der Waals surface area contributed by atoms with E-state index in [9.17, 15) is 4.79 Å². The Kier molecular flexibility index (Phi) is 2.90. The maximum Gasteiger partial charge on any atom is 0.194 e. The highest BCUT2D eigenvalue weighted by atomic mass is 35.5. The minimum atomic E-state index is -0.353. The fourth-order valence-corrected chi connectivity index (χ4v) is 2.11. The molecule has 1 aliphatic rings. The predicted molar refractivity (Wildman–Crippen MR) is 69.8 cm³/mol. The summed E-state index contributed by atoms with van der Waals surface area (Å²) in [5, 5.41) is 0.685. The zero-order valence-corrected chi connectivity index (χ0v) is 10.3. The van der Waals surface area contributed by atoms with Crippen LogP contribution < -0.4 is 0 Å². The van der Waals surface area contributed by atoms with Crippen molar-refractivity contribution in [1.29, 1.82) is 0 Å². The molecule has 0 spiro atoms. The lowest BCUT2D eigenvalue weighted by Crippen LogP contribution is -2.07. The number of hydrogen-bond acceptors (Lipinski definition) is 2. The molecule has 1 heterocycles. The lowest BCUT2D eigenvalue weighted by Gasteiger charge is -1.97. The average Bonchev–Trinajstić information content (AvgIpc) is 3.20. The number of ketones is 1. The third-order valence-corrected chi connectivity index (χ3v) is 3.26. The molecule has 2 atom stereocenters. The molecule has 1 saturated heterocycles. The van der Waals surface area contributed by atoms with Gasteiger partial charge in [0.1, 0.15) is 6.10 Å². The molecule has 2 nitrogen and oxygen atoms in total. The van der Waals surface area contributed by atoms with Crippen LogP contribution in [-0.4, -0.2) is 11.9 Å². The van der Waals surface area contributed by atoms with E-state index in [1.54, 1.807) is 0 Å². The highest BCUT2D eigenvalue weighted by molar-refractivity contribution is 6.30. The average molecular weight is 259 g/mol. The molecule has 2 aromatic rings. The summed E-state index contributed by atoms with van der Waals surface area (Å²) in [5.74, 6) is 0.0375. The quantitative estimate of drug-likeness (QED) is 0.621. The van der Waals surface area contributed by atoms with E-state index >= 15 is 0 Å². The Morgan fingerprint density at radius 1 is 1.00 bits per heavy atom. The van der Waals surface area contributed by atoms with Crippen molar-refractivity contribution in [2.24, 2.45) is 0 Å². The van der Waals surface area contributed by atoms with E-state index in [-0.39, 0.29) is 18.0 Å². The van der Waals surface area contributed by atoms with Crippen LogP contribution in [0.25, 0.3) is 0 Å². The molecule has 0 amide bonds. The third kappa shape index (κ3) is 2.17. The Bertz CT molecular complexity index is 563. The number of benzene rings is 2. The number of carbonyl (C=O) groups excluding carboxylic acids is 1. The molecular formula is C15H11ClO2. The molecule has 0 unspecified atom stereocenters. The second kappa shape index (κ2) is 4.56. The number of epoxide rings is 1. The van der Waals surface area contributed by atoms with Crippen molar-refractivity contribution >= 4 is 17.4 Å². The Labute approximate surface area is 110 Å². The predicted octanol–water partition coefficient (Wildman–Crippen LogP) is 3.66. The van der Waals surface area contributed by atoms with Gasteiger partial charge in [0.25, 0.3) is 0 Å². The van der Waals surface area contributed by atoms with Crippen molar-refractivity contribution in [2.45, 2.75) is 12.2 Å². The van der Waals surface area contributed by atoms with Gasteiger partial charge < -0.3 is 4.74 Å². The minimum Gasteiger partial charge on any atom is -0.356 e. The molecule has 0 radical (unpaired) electrons. The van der Waals surface area contributed by atoms with Gasteiger partial charge in [-0.25, -0.2) is 0 Å². The van der Waals surface area contributed by atoms with Crippen molar-refractivity contribution in [3.63, 3.8) is 0 Å². The highest BCUT2D eigenvalue weighted by Crippen LogP contribution is 2.40. The third-order valence-electron chi connectivity index (χ3n) is 3.01. The summed E-state index contributed by atoms with van der Waals surface area (Å²) in [4.78, 5) is 12.1. The van der Waals surface area contributed by atoms with Crippen LogP contribution in [0.15, 0.2) is 54.6 Å². The van der Waals surface area contributed by atoms with Crippen LogP contribution in [0.1, 0.15) is 22.0 Å². The van der Waals surface area contributed by atoms with E-state index in [0.29, 0.717) is 10.6 Å². The lowest BCUT2D eigenvalue weighted by molar-refractivity contribution is 0.0953. The molecule has 2 aromatic carbocycles. The molecule has 18 heavy (non-hydrogen) atoms. The first kappa shape index (κ1) is 11.5. The van der Waals surface area contributed by atoms with Gasteiger partial charge in [0, 0.05) is 10.6 Å². The zero-order chi connectivity index (χ0) is 12.5. The highest BCUT2D eigenvalue weighted by Gasteiger charge is 2.45. The number of hydrogen-bond donors (Lipinski definition) is 0. The fraction of sp³-hybridized carbons (Fsp3) is 0.133. The van der Waals surface area contributed by atoms with E-state index in [1.165, 1.54) is 0 Å². The maximum absolute atomic E-state index is 12.1. The molecule has 3 rings (SSSR count). The molecule has 0 saturated carbocycles. The van der Waals surface area contributed by atoms with Gasteiger partial charge in [-0.05, 0) is 17.7 Å². The fourth-order valence-electron chi connectivity index (χ4n) is 1.98. The Hall–Kier alpha value is -1.64. The number of rotatable bonds is 3. The number of carbonyl (C=O) groups is 1. The van der Waals surface area contributed by atoms with Crippen LogP contribution in [0, 0.1) is 0 Å². The van der Waals surface area contributed by atoms with Gasteiger partial charge in [-0.2, -0.15) is 0 Å². The molecule has 1 aliphatic heterocycles. The normalized spacial score (nSPS) is 21.6. The van der Waals surface area contributed by atoms with Crippen molar-refractivity contribution in [1.82, 2.24) is 0 Å². The van der Waals surface area contributed by atoms with Crippen LogP contribution >= 0.6 is 11.6 Å². The summed E-state index contributed by atoms with van der Waals surface area (Å²) in [5.41, 5.74) is 1.69. The van der Waals surface area contributed by atoms with Gasteiger partial charge in [-0.1, -0.05) is 54.1 Å². The van der Waals surface area contributed by atoms with E-state index in [4.69, 9.17) is 16.3 Å². The van der Waals surface area contributed by atoms with Crippen LogP contribution in [0.5, 0.6) is 0 Å². The van der Waals surface area contributed by atoms with Gasteiger partial charge in [-0.3, -0.25) is 4.79 Å². The summed E-state index contributed by atoms with van der Waals surface area (Å²) < 4.78 is 5.47. The largest absolute Gasteiger partial charge is 0.356 e. The van der Waals surface area contributed by atoms with Crippen molar-refractivity contribution in [3.05, 3.63) is 70.7 Å². The second-order valence-electron chi connectivity index (χ2n) is 4.26. The summed E-state index contributed by atoms with van der Waals surface area (Å²) in [6, 6.07) is 16.6. The maximum atomic E-state index is 12.1. The Morgan fingerprint density at radius 3 is 2.33 bits per heavy atom. The molecule has 1 fully saturated rings. The van der Waals surface area contributed by atoms with Crippen molar-refractivity contribution in [2.75, 3.05) is 0 Å². The van der Waals surface area contributed by atoms with E-state index in [1.807, 2.05) is 54.6 Å². The number of Topliss-reactive ketones (excluding diaryl/α,β-unsaturated/α-hetero) is 1. The van der Waals surface area contributed by atoms with Crippen molar-refractivity contribution in [3.8, 4) is 0 Å². The zero-order valence-electron chi connectivity index (χ0n) is 9.55. The van der Waals surface area contributed by atoms with Gasteiger partial charge >= 0.3 is 0 Å². The first-order valence-corrected chi connectivity index (χ1v) is 6.14. The summed E-state index contributed by atoms with van der Waals surface area (Å²) >= 11 is 5.82. The molecule has 0 aromatic heterocycles. The number of ether oxygens (including phenoxy) is 1. The summed E-state index contributed by atoms with van der Waals surface area (Å²) in [7, 11) is 0. The Morgan fingerprint density at radius 2 is 1.67 bits per heavy atom. The summed E-state index contributed by atoms with van der Waals surface area (Å²) in [6.07, 6.45) is -0.483.